The van der Waals surface area contributed by atoms with Gasteiger partial charge in [-0.05, 0) is 30.0 Å². The van der Waals surface area contributed by atoms with Gasteiger partial charge in [0, 0.05) is 18.4 Å². The molecule has 80 valence electrons. The summed E-state index contributed by atoms with van der Waals surface area (Å²) in [4.78, 5) is 11.6. The standard InChI is InChI=1S/C12H12O2.ClH/c13-11-3-1-2-8-6-9-4-5-14-12(9)7-10(8)11;/h6-7H,1-5H2;1H. The first-order valence-corrected chi connectivity index (χ1v) is 5.16. The number of carbonyl (C=O) groups excluding carboxylic acids is 1. The highest BCUT2D eigenvalue weighted by Gasteiger charge is 2.22. The van der Waals surface area contributed by atoms with Crippen LogP contribution in [0, 0.1) is 0 Å². The molecule has 0 aromatic heterocycles. The highest BCUT2D eigenvalue weighted by atomic mass is 35.5. The van der Waals surface area contributed by atoms with Crippen molar-refractivity contribution in [1.29, 1.82) is 0 Å². The van der Waals surface area contributed by atoms with E-state index in [1.54, 1.807) is 0 Å². The van der Waals surface area contributed by atoms with Crippen LogP contribution in [0.1, 0.15) is 34.3 Å². The number of rotatable bonds is 0. The highest BCUT2D eigenvalue weighted by molar-refractivity contribution is 5.99. The number of benzene rings is 1. The van der Waals surface area contributed by atoms with Gasteiger partial charge < -0.3 is 4.74 Å². The molecule has 1 aromatic rings. The summed E-state index contributed by atoms with van der Waals surface area (Å²) in [6, 6.07) is 4.11. The lowest BCUT2D eigenvalue weighted by atomic mass is 9.89. The molecule has 1 heterocycles. The second-order valence-corrected chi connectivity index (χ2v) is 3.99. The summed E-state index contributed by atoms with van der Waals surface area (Å²) in [6.07, 6.45) is 3.75. The molecule has 3 rings (SSSR count). The molecule has 2 aliphatic rings. The molecular formula is C12H13ClO2. The van der Waals surface area contributed by atoms with Crippen molar-refractivity contribution in [3.05, 3.63) is 28.8 Å². The quantitative estimate of drug-likeness (QED) is 0.677. The number of carbonyl (C=O) groups is 1. The third-order valence-corrected chi connectivity index (χ3v) is 3.07. The van der Waals surface area contributed by atoms with Gasteiger partial charge in [-0.3, -0.25) is 4.79 Å². The minimum atomic E-state index is 0. The Labute approximate surface area is 95.0 Å². The van der Waals surface area contributed by atoms with Crippen LogP contribution in [0.5, 0.6) is 5.75 Å². The van der Waals surface area contributed by atoms with Crippen LogP contribution < -0.4 is 4.74 Å². The minimum absolute atomic E-state index is 0. The molecule has 0 fully saturated rings. The first-order valence-electron chi connectivity index (χ1n) is 5.16. The van der Waals surface area contributed by atoms with Crippen molar-refractivity contribution in [2.24, 2.45) is 0 Å². The lowest BCUT2D eigenvalue weighted by molar-refractivity contribution is 0.0972. The van der Waals surface area contributed by atoms with E-state index in [1.807, 2.05) is 6.07 Å². The van der Waals surface area contributed by atoms with Crippen LogP contribution in [0.2, 0.25) is 0 Å². The van der Waals surface area contributed by atoms with Gasteiger partial charge in [0.05, 0.1) is 6.61 Å². The summed E-state index contributed by atoms with van der Waals surface area (Å²) in [5, 5.41) is 0. The van der Waals surface area contributed by atoms with Crippen LogP contribution in [0.4, 0.5) is 0 Å². The number of fused-ring (bicyclic) bond motifs is 2. The summed E-state index contributed by atoms with van der Waals surface area (Å²) < 4.78 is 5.46. The number of ketones is 1. The fraction of sp³-hybridized carbons (Fsp3) is 0.417. The van der Waals surface area contributed by atoms with E-state index < -0.39 is 0 Å². The average molecular weight is 225 g/mol. The summed E-state index contributed by atoms with van der Waals surface area (Å²) >= 11 is 0. The van der Waals surface area contributed by atoms with Gasteiger partial charge in [0.1, 0.15) is 5.75 Å². The first-order chi connectivity index (χ1) is 6.84. The monoisotopic (exact) mass is 224 g/mol. The predicted molar refractivity (Wildman–Crippen MR) is 60.2 cm³/mol. The maximum atomic E-state index is 11.6. The molecule has 0 bridgehead atoms. The smallest absolute Gasteiger partial charge is 0.163 e. The van der Waals surface area contributed by atoms with Crippen molar-refractivity contribution in [2.45, 2.75) is 25.7 Å². The van der Waals surface area contributed by atoms with E-state index in [0.29, 0.717) is 6.42 Å². The summed E-state index contributed by atoms with van der Waals surface area (Å²) in [7, 11) is 0. The second-order valence-electron chi connectivity index (χ2n) is 3.99. The summed E-state index contributed by atoms with van der Waals surface area (Å²) in [5.41, 5.74) is 3.40. The first kappa shape index (κ1) is 10.5. The molecule has 1 aromatic carbocycles. The molecule has 0 unspecified atom stereocenters. The molecule has 2 nitrogen and oxygen atoms in total. The number of Topliss-reactive ketones (excluding diaryl/α,β-unsaturated/α-hetero) is 1. The van der Waals surface area contributed by atoms with Gasteiger partial charge in [-0.2, -0.15) is 0 Å². The van der Waals surface area contributed by atoms with Crippen LogP contribution in [-0.2, 0) is 12.8 Å². The van der Waals surface area contributed by atoms with Crippen molar-refractivity contribution < 1.29 is 9.53 Å². The van der Waals surface area contributed by atoms with Crippen molar-refractivity contribution in [2.75, 3.05) is 6.61 Å². The fourth-order valence-electron chi connectivity index (χ4n) is 2.32. The van der Waals surface area contributed by atoms with Gasteiger partial charge >= 0.3 is 0 Å². The van der Waals surface area contributed by atoms with Gasteiger partial charge in [-0.1, -0.05) is 6.07 Å². The second kappa shape index (κ2) is 3.86. The molecule has 1 aliphatic heterocycles. The Morgan fingerprint density at radius 2 is 1.93 bits per heavy atom. The zero-order chi connectivity index (χ0) is 9.54. The van der Waals surface area contributed by atoms with Crippen LogP contribution in [0.15, 0.2) is 12.1 Å². The Morgan fingerprint density at radius 3 is 2.80 bits per heavy atom. The normalized spacial score (nSPS) is 17.5. The Balaban J connectivity index is 0.000000853. The lowest BCUT2D eigenvalue weighted by Gasteiger charge is -2.15. The predicted octanol–water partition coefficient (Wildman–Crippen LogP) is 2.56. The van der Waals surface area contributed by atoms with Crippen LogP contribution in [0.25, 0.3) is 0 Å². The van der Waals surface area contributed by atoms with Crippen molar-refractivity contribution in [1.82, 2.24) is 0 Å². The molecule has 0 amide bonds. The molecule has 0 N–H and O–H groups in total. The molecule has 0 saturated heterocycles. The fourth-order valence-corrected chi connectivity index (χ4v) is 2.32. The number of ether oxygens (including phenoxy) is 1. The van der Waals surface area contributed by atoms with E-state index in [1.165, 1.54) is 11.1 Å². The zero-order valence-electron chi connectivity index (χ0n) is 8.41. The number of hydrogen-bond donors (Lipinski definition) is 0. The van der Waals surface area contributed by atoms with Crippen LogP contribution in [0.3, 0.4) is 0 Å². The average Bonchev–Trinajstić information content (AvgIpc) is 2.62. The lowest BCUT2D eigenvalue weighted by Crippen LogP contribution is -2.10. The molecular weight excluding hydrogens is 212 g/mol. The van der Waals surface area contributed by atoms with E-state index in [9.17, 15) is 4.79 Å². The Bertz CT molecular complexity index is 412. The minimum Gasteiger partial charge on any atom is -0.493 e. The van der Waals surface area contributed by atoms with Gasteiger partial charge in [0.2, 0.25) is 0 Å². The summed E-state index contributed by atoms with van der Waals surface area (Å²) in [6.45, 7) is 0.770. The Kier molecular flexibility index (Phi) is 2.70. The third kappa shape index (κ3) is 1.63. The van der Waals surface area contributed by atoms with E-state index in [4.69, 9.17) is 4.74 Å². The SMILES string of the molecule is Cl.O=C1CCCc2cc3c(cc21)OCC3. The van der Waals surface area contributed by atoms with E-state index in [-0.39, 0.29) is 18.2 Å². The number of hydrogen-bond acceptors (Lipinski definition) is 2. The van der Waals surface area contributed by atoms with Crippen molar-refractivity contribution in [3.8, 4) is 5.75 Å². The summed E-state index contributed by atoms with van der Waals surface area (Å²) in [5.74, 6) is 1.21. The van der Waals surface area contributed by atoms with Crippen molar-refractivity contribution >= 4 is 18.2 Å². The Hall–Kier alpha value is -1.02. The van der Waals surface area contributed by atoms with E-state index >= 15 is 0 Å². The molecule has 15 heavy (non-hydrogen) atoms. The van der Waals surface area contributed by atoms with Gasteiger partial charge in [0.25, 0.3) is 0 Å². The molecule has 0 spiro atoms. The van der Waals surface area contributed by atoms with Gasteiger partial charge in [-0.15, -0.1) is 12.4 Å². The Morgan fingerprint density at radius 1 is 1.07 bits per heavy atom. The maximum Gasteiger partial charge on any atom is 0.163 e. The molecule has 0 saturated carbocycles. The molecule has 3 heteroatoms. The zero-order valence-corrected chi connectivity index (χ0v) is 9.23. The molecule has 0 radical (unpaired) electrons. The van der Waals surface area contributed by atoms with E-state index in [0.717, 1.165) is 37.2 Å². The molecule has 0 atom stereocenters. The largest absolute Gasteiger partial charge is 0.493 e. The topological polar surface area (TPSA) is 26.3 Å². The number of halogens is 1. The van der Waals surface area contributed by atoms with Crippen LogP contribution >= 0.6 is 12.4 Å². The van der Waals surface area contributed by atoms with Crippen LogP contribution in [-0.4, -0.2) is 12.4 Å². The number of aryl methyl sites for hydroxylation is 1. The maximum absolute atomic E-state index is 11.6. The van der Waals surface area contributed by atoms with Gasteiger partial charge in [0.15, 0.2) is 5.78 Å². The van der Waals surface area contributed by atoms with E-state index in [2.05, 4.69) is 6.07 Å². The van der Waals surface area contributed by atoms with Gasteiger partial charge in [-0.25, -0.2) is 0 Å². The highest BCUT2D eigenvalue weighted by Crippen LogP contribution is 2.32. The molecule has 1 aliphatic carbocycles. The third-order valence-electron chi connectivity index (χ3n) is 3.07. The van der Waals surface area contributed by atoms with Crippen molar-refractivity contribution in [3.63, 3.8) is 0 Å².